The van der Waals surface area contributed by atoms with Crippen molar-refractivity contribution >= 4 is 16.3 Å². The molecule has 1 rings (SSSR count). The molecule has 0 aromatic heterocycles. The zero-order valence-electron chi connectivity index (χ0n) is 43.7. The van der Waals surface area contributed by atoms with Gasteiger partial charge in [0.25, 0.3) is 0 Å². The van der Waals surface area contributed by atoms with Gasteiger partial charge in [0.05, 0.1) is 25.4 Å². The van der Waals surface area contributed by atoms with E-state index in [-0.39, 0.29) is 18.9 Å². The molecule has 13 heteroatoms. The van der Waals surface area contributed by atoms with Crippen molar-refractivity contribution in [2.75, 3.05) is 13.2 Å². The Kier molecular flexibility index (Phi) is 43.6. The number of aliphatic hydroxyl groups excluding tert-OH is 4. The molecule has 0 aromatic rings. The molecule has 6 N–H and O–H groups in total. The van der Waals surface area contributed by atoms with Crippen molar-refractivity contribution in [3.63, 3.8) is 0 Å². The highest BCUT2D eigenvalue weighted by Gasteiger charge is 2.48. The van der Waals surface area contributed by atoms with E-state index >= 15 is 0 Å². The van der Waals surface area contributed by atoms with Crippen LogP contribution in [-0.4, -0.2) is 95.4 Å². The molecule has 0 bridgehead atoms. The molecule has 7 atom stereocenters. The number of hydrogen-bond acceptors (Lipinski definition) is 10. The molecular weight excluding hydrogens is 883 g/mol. The van der Waals surface area contributed by atoms with E-state index in [0.29, 0.717) is 6.42 Å². The summed E-state index contributed by atoms with van der Waals surface area (Å²) in [6.07, 6.45) is 45.4. The lowest BCUT2D eigenvalue weighted by Crippen LogP contribution is -2.61. The minimum Gasteiger partial charge on any atom is -0.394 e. The van der Waals surface area contributed by atoms with Gasteiger partial charge in [0.1, 0.15) is 24.4 Å². The third-order valence-corrected chi connectivity index (χ3v) is 14.3. The maximum absolute atomic E-state index is 13.1. The van der Waals surface area contributed by atoms with Gasteiger partial charge in [-0.1, -0.05) is 264 Å². The molecule has 68 heavy (non-hydrogen) atoms. The first-order chi connectivity index (χ1) is 33.0. The highest BCUT2D eigenvalue weighted by Crippen LogP contribution is 2.26. The van der Waals surface area contributed by atoms with E-state index < -0.39 is 59.9 Å². The first kappa shape index (κ1) is 64.9. The minimum absolute atomic E-state index is 0.256. The second kappa shape index (κ2) is 45.7. The molecule has 0 aromatic carbocycles. The molecule has 1 amide bonds. The van der Waals surface area contributed by atoms with Crippen LogP contribution >= 0.6 is 0 Å². The number of ether oxygens (including phenoxy) is 2. The van der Waals surface area contributed by atoms with Crippen molar-refractivity contribution in [3.8, 4) is 0 Å². The lowest BCUT2D eigenvalue weighted by Gasteiger charge is -2.41. The van der Waals surface area contributed by atoms with Crippen LogP contribution in [0.4, 0.5) is 0 Å². The molecule has 12 nitrogen and oxygen atoms in total. The summed E-state index contributed by atoms with van der Waals surface area (Å²) in [6.45, 7) is 3.44. The van der Waals surface area contributed by atoms with Crippen LogP contribution in [-0.2, 0) is 28.9 Å². The summed E-state index contributed by atoms with van der Waals surface area (Å²) in [5.41, 5.74) is 0. The lowest BCUT2D eigenvalue weighted by molar-refractivity contribution is -0.298. The van der Waals surface area contributed by atoms with Gasteiger partial charge in [-0.2, -0.15) is 8.42 Å². The summed E-state index contributed by atoms with van der Waals surface area (Å²) < 4.78 is 47.8. The van der Waals surface area contributed by atoms with E-state index in [9.17, 15) is 38.2 Å². The van der Waals surface area contributed by atoms with Gasteiger partial charge in [-0.05, 0) is 19.3 Å². The number of aliphatic hydroxyl groups is 4. The Labute approximate surface area is 417 Å². The van der Waals surface area contributed by atoms with Crippen LogP contribution in [0, 0.1) is 0 Å². The molecule has 0 saturated carbocycles. The van der Waals surface area contributed by atoms with Gasteiger partial charge < -0.3 is 35.2 Å². The van der Waals surface area contributed by atoms with Gasteiger partial charge in [-0.3, -0.25) is 9.35 Å². The molecule has 1 aliphatic rings. The topological polar surface area (TPSA) is 192 Å². The zero-order valence-corrected chi connectivity index (χ0v) is 44.5. The number of carbonyl (C=O) groups is 1. The summed E-state index contributed by atoms with van der Waals surface area (Å²) in [5, 5.41) is 45.0. The average molecular weight is 991 g/mol. The normalized spacial score (nSPS) is 19.8. The number of amides is 1. The lowest BCUT2D eigenvalue weighted by atomic mass is 9.99. The van der Waals surface area contributed by atoms with Crippen LogP contribution in [0.5, 0.6) is 0 Å². The van der Waals surface area contributed by atoms with Crippen LogP contribution < -0.4 is 5.32 Å². The fourth-order valence-corrected chi connectivity index (χ4v) is 9.91. The third kappa shape index (κ3) is 37.6. The summed E-state index contributed by atoms with van der Waals surface area (Å²) in [7, 11) is -5.09. The van der Waals surface area contributed by atoms with E-state index in [1.54, 1.807) is 6.08 Å². The standard InChI is InChI=1S/C55H107NO11S/c1-3-5-7-9-11-13-15-17-19-21-23-24-25-26-27-28-30-32-34-36-38-40-42-44-49(58)48(47-65-55-53(61)54(67-68(62,63)64)52(60)50(46-57)66-55)56-51(59)45-43-41-39-37-35-33-31-29-22-20-18-16-14-12-10-8-6-4-2/h42,44,48-50,52-55,57-58,60-61H,3-41,43,45-47H2,1-2H3,(H,56,59)(H,62,63,64)/b44-42+. The Morgan fingerprint density at radius 3 is 1.28 bits per heavy atom. The van der Waals surface area contributed by atoms with E-state index in [0.717, 1.165) is 38.5 Å². The number of hydrogen-bond donors (Lipinski definition) is 6. The molecule has 7 unspecified atom stereocenters. The van der Waals surface area contributed by atoms with Crippen LogP contribution in [0.2, 0.25) is 0 Å². The Hall–Kier alpha value is -1.16. The fraction of sp³-hybridized carbons (Fsp3) is 0.945. The molecule has 0 radical (unpaired) electrons. The molecule has 1 heterocycles. The van der Waals surface area contributed by atoms with Gasteiger partial charge in [0.2, 0.25) is 5.91 Å². The van der Waals surface area contributed by atoms with Crippen LogP contribution in [0.3, 0.4) is 0 Å². The summed E-state index contributed by atoms with van der Waals surface area (Å²) in [4.78, 5) is 13.1. The second-order valence-corrected chi connectivity index (χ2v) is 21.3. The van der Waals surface area contributed by atoms with Crippen LogP contribution in [0.1, 0.15) is 277 Å². The molecule has 0 aliphatic carbocycles. The number of allylic oxidation sites excluding steroid dienone is 1. The van der Waals surface area contributed by atoms with Gasteiger partial charge in [0, 0.05) is 6.42 Å². The molecule has 0 spiro atoms. The summed E-state index contributed by atoms with van der Waals surface area (Å²) >= 11 is 0. The SMILES string of the molecule is CCCCCCCCCCCCCCCCCCCCCCC/C=C/C(O)C(COC1OC(CO)C(O)C(OS(=O)(=O)O)C1O)NC(=O)CCCCCCCCCCCCCCCCCCCC. The third-order valence-electron chi connectivity index (χ3n) is 13.8. The Morgan fingerprint density at radius 2 is 0.926 bits per heavy atom. The number of rotatable bonds is 50. The quantitative estimate of drug-likeness (QED) is 0.0193. The van der Waals surface area contributed by atoms with E-state index in [4.69, 9.17) is 9.47 Å². The van der Waals surface area contributed by atoms with Gasteiger partial charge in [0.15, 0.2) is 6.29 Å². The maximum Gasteiger partial charge on any atom is 0.397 e. The number of unbranched alkanes of at least 4 members (excludes halogenated alkanes) is 38. The van der Waals surface area contributed by atoms with Crippen LogP contribution in [0.15, 0.2) is 12.2 Å². The van der Waals surface area contributed by atoms with Gasteiger partial charge >= 0.3 is 10.4 Å². The largest absolute Gasteiger partial charge is 0.397 e. The minimum atomic E-state index is -5.09. The molecule has 1 fully saturated rings. The summed E-state index contributed by atoms with van der Waals surface area (Å²) in [6, 6.07) is -0.940. The molecule has 1 saturated heterocycles. The highest BCUT2D eigenvalue weighted by molar-refractivity contribution is 7.80. The molecular formula is C55H107NO11S. The predicted octanol–water partition coefficient (Wildman–Crippen LogP) is 13.1. The predicted molar refractivity (Wildman–Crippen MR) is 278 cm³/mol. The van der Waals surface area contributed by atoms with Crippen molar-refractivity contribution in [3.05, 3.63) is 12.2 Å². The van der Waals surface area contributed by atoms with Gasteiger partial charge in [-0.15, -0.1) is 0 Å². The van der Waals surface area contributed by atoms with Gasteiger partial charge in [-0.25, -0.2) is 4.18 Å². The van der Waals surface area contributed by atoms with Crippen molar-refractivity contribution in [2.24, 2.45) is 0 Å². The fourth-order valence-electron chi connectivity index (χ4n) is 9.40. The van der Waals surface area contributed by atoms with Crippen molar-refractivity contribution in [1.29, 1.82) is 0 Å². The van der Waals surface area contributed by atoms with Crippen LogP contribution in [0.25, 0.3) is 0 Å². The van der Waals surface area contributed by atoms with Crippen molar-refractivity contribution in [2.45, 2.75) is 320 Å². The number of carbonyl (C=O) groups excluding carboxylic acids is 1. The smallest absolute Gasteiger partial charge is 0.394 e. The van der Waals surface area contributed by atoms with E-state index in [1.165, 1.54) is 212 Å². The number of nitrogens with one attached hydrogen (secondary N) is 1. The monoisotopic (exact) mass is 990 g/mol. The van der Waals surface area contributed by atoms with Crippen molar-refractivity contribution < 1.29 is 51.8 Å². The second-order valence-electron chi connectivity index (χ2n) is 20.2. The molecule has 404 valence electrons. The van der Waals surface area contributed by atoms with E-state index in [1.807, 2.05) is 6.08 Å². The zero-order chi connectivity index (χ0) is 49.8. The highest BCUT2D eigenvalue weighted by atomic mass is 32.3. The first-order valence-electron chi connectivity index (χ1n) is 28.6. The summed E-state index contributed by atoms with van der Waals surface area (Å²) in [5.74, 6) is -0.256. The Bertz CT molecular complexity index is 1260. The van der Waals surface area contributed by atoms with E-state index in [2.05, 4.69) is 23.3 Å². The Balaban J connectivity index is 2.38. The molecule has 1 aliphatic heterocycles. The Morgan fingerprint density at radius 1 is 0.574 bits per heavy atom. The maximum atomic E-state index is 13.1. The first-order valence-corrected chi connectivity index (χ1v) is 29.9. The van der Waals surface area contributed by atoms with Crippen molar-refractivity contribution in [1.82, 2.24) is 5.32 Å². The average Bonchev–Trinajstić information content (AvgIpc) is 3.31.